The maximum Gasteiger partial charge on any atom is 0.331 e. The Kier molecular flexibility index (Phi) is 6.32. The number of aryl methyl sites for hydroxylation is 2. The highest BCUT2D eigenvalue weighted by molar-refractivity contribution is 9.10. The van der Waals surface area contributed by atoms with E-state index in [4.69, 9.17) is 4.74 Å². The number of hydrogen-bond acceptors (Lipinski definition) is 3. The van der Waals surface area contributed by atoms with Gasteiger partial charge in [0.1, 0.15) is 0 Å². The average molecular weight is 388 g/mol. The highest BCUT2D eigenvalue weighted by Gasteiger charge is 2.07. The van der Waals surface area contributed by atoms with Gasteiger partial charge in [-0.3, -0.25) is 4.79 Å². The number of carbonyl (C=O) groups is 2. The van der Waals surface area contributed by atoms with Crippen LogP contribution in [0.4, 0.5) is 5.69 Å². The molecule has 2 aromatic carbocycles. The number of ether oxygens (including phenoxy) is 1. The van der Waals surface area contributed by atoms with Crippen molar-refractivity contribution in [3.8, 4) is 0 Å². The predicted octanol–water partition coefficient (Wildman–Crippen LogP) is 4.26. The number of halogens is 1. The highest BCUT2D eigenvalue weighted by atomic mass is 79.9. The summed E-state index contributed by atoms with van der Waals surface area (Å²) in [6.45, 7) is 3.57. The van der Waals surface area contributed by atoms with E-state index in [-0.39, 0.29) is 12.5 Å². The Morgan fingerprint density at radius 2 is 1.92 bits per heavy atom. The van der Waals surface area contributed by atoms with Crippen LogP contribution in [0.15, 0.2) is 53.0 Å². The maximum absolute atomic E-state index is 11.9. The quantitative estimate of drug-likeness (QED) is 0.615. The maximum atomic E-state index is 11.9. The molecule has 0 fully saturated rings. The lowest BCUT2D eigenvalue weighted by Gasteiger charge is -2.09. The van der Waals surface area contributed by atoms with Crippen LogP contribution >= 0.6 is 15.9 Å². The van der Waals surface area contributed by atoms with Crippen molar-refractivity contribution in [3.05, 3.63) is 69.7 Å². The summed E-state index contributed by atoms with van der Waals surface area (Å²) in [5.41, 5.74) is 3.65. The fourth-order valence-corrected chi connectivity index (χ4v) is 2.51. The van der Waals surface area contributed by atoms with Gasteiger partial charge in [0.25, 0.3) is 5.91 Å². The van der Waals surface area contributed by atoms with Crippen LogP contribution in [0.1, 0.15) is 16.7 Å². The van der Waals surface area contributed by atoms with E-state index in [0.717, 1.165) is 21.2 Å². The smallest absolute Gasteiger partial charge is 0.331 e. The van der Waals surface area contributed by atoms with Gasteiger partial charge in [-0.2, -0.15) is 0 Å². The van der Waals surface area contributed by atoms with E-state index in [2.05, 4.69) is 21.2 Å². The molecule has 0 heterocycles. The van der Waals surface area contributed by atoms with Crippen molar-refractivity contribution in [3.63, 3.8) is 0 Å². The minimum atomic E-state index is -0.568. The monoisotopic (exact) mass is 387 g/mol. The van der Waals surface area contributed by atoms with Gasteiger partial charge >= 0.3 is 5.97 Å². The van der Waals surface area contributed by atoms with Gasteiger partial charge in [0.2, 0.25) is 0 Å². The molecule has 0 atom stereocenters. The molecule has 0 saturated carbocycles. The zero-order valence-electron chi connectivity index (χ0n) is 13.5. The number of carbonyl (C=O) groups excluding carboxylic acids is 2. The Labute approximate surface area is 149 Å². The molecule has 0 radical (unpaired) electrons. The molecule has 0 aliphatic rings. The summed E-state index contributed by atoms with van der Waals surface area (Å²) in [6, 6.07) is 13.2. The van der Waals surface area contributed by atoms with Crippen LogP contribution in [0.2, 0.25) is 0 Å². The highest BCUT2D eigenvalue weighted by Crippen LogP contribution is 2.17. The number of esters is 1. The van der Waals surface area contributed by atoms with Gasteiger partial charge in [-0.05, 0) is 43.2 Å². The Morgan fingerprint density at radius 1 is 1.17 bits per heavy atom. The molecule has 0 spiro atoms. The molecule has 0 aliphatic heterocycles. The normalized spacial score (nSPS) is 10.6. The lowest BCUT2D eigenvalue weighted by atomic mass is 10.1. The SMILES string of the molecule is Cc1ccc(NC(=O)COC(=O)/C=C/c2ccccc2Br)c(C)c1. The van der Waals surface area contributed by atoms with Gasteiger partial charge in [-0.15, -0.1) is 0 Å². The van der Waals surface area contributed by atoms with Gasteiger partial charge in [0.05, 0.1) is 0 Å². The van der Waals surface area contributed by atoms with E-state index in [1.165, 1.54) is 6.08 Å². The fourth-order valence-electron chi connectivity index (χ4n) is 2.09. The van der Waals surface area contributed by atoms with Crippen LogP contribution in [0.25, 0.3) is 6.08 Å². The second-order valence-corrected chi connectivity index (χ2v) is 6.18. The van der Waals surface area contributed by atoms with Crippen molar-refractivity contribution in [2.24, 2.45) is 0 Å². The zero-order valence-corrected chi connectivity index (χ0v) is 15.1. The van der Waals surface area contributed by atoms with Gasteiger partial charge in [0.15, 0.2) is 6.61 Å². The summed E-state index contributed by atoms with van der Waals surface area (Å²) in [6.07, 6.45) is 2.93. The molecular formula is C19H18BrNO3. The molecule has 2 aromatic rings. The number of nitrogens with one attached hydrogen (secondary N) is 1. The van der Waals surface area contributed by atoms with Crippen molar-refractivity contribution >= 4 is 39.6 Å². The Hall–Kier alpha value is -2.40. The first kappa shape index (κ1) is 17.9. The van der Waals surface area contributed by atoms with Crippen LogP contribution in [-0.2, 0) is 14.3 Å². The summed E-state index contributed by atoms with van der Waals surface area (Å²) in [5, 5.41) is 2.73. The summed E-state index contributed by atoms with van der Waals surface area (Å²) >= 11 is 3.39. The number of rotatable bonds is 5. The number of anilines is 1. The van der Waals surface area contributed by atoms with Gasteiger partial charge in [-0.25, -0.2) is 4.79 Å². The van der Waals surface area contributed by atoms with Crippen molar-refractivity contribution in [1.29, 1.82) is 0 Å². The molecule has 1 amide bonds. The van der Waals surface area contributed by atoms with Gasteiger partial charge in [0, 0.05) is 16.2 Å². The molecule has 0 aromatic heterocycles. The predicted molar refractivity (Wildman–Crippen MR) is 98.7 cm³/mol. The van der Waals surface area contributed by atoms with Gasteiger partial charge in [-0.1, -0.05) is 51.8 Å². The lowest BCUT2D eigenvalue weighted by Crippen LogP contribution is -2.20. The van der Waals surface area contributed by atoms with E-state index in [1.54, 1.807) is 6.08 Å². The van der Waals surface area contributed by atoms with E-state index in [9.17, 15) is 9.59 Å². The first-order chi connectivity index (χ1) is 11.5. The first-order valence-electron chi connectivity index (χ1n) is 7.42. The van der Waals surface area contributed by atoms with E-state index < -0.39 is 5.97 Å². The van der Waals surface area contributed by atoms with Crippen molar-refractivity contribution in [2.75, 3.05) is 11.9 Å². The van der Waals surface area contributed by atoms with Gasteiger partial charge < -0.3 is 10.1 Å². The zero-order chi connectivity index (χ0) is 17.5. The largest absolute Gasteiger partial charge is 0.452 e. The standard InChI is InChI=1S/C19H18BrNO3/c1-13-7-9-17(14(2)11-13)21-18(22)12-24-19(23)10-8-15-5-3-4-6-16(15)20/h3-11H,12H2,1-2H3,(H,21,22)/b10-8+. The average Bonchev–Trinajstić information content (AvgIpc) is 2.55. The second-order valence-electron chi connectivity index (χ2n) is 5.33. The fraction of sp³-hybridized carbons (Fsp3) is 0.158. The molecule has 24 heavy (non-hydrogen) atoms. The van der Waals surface area contributed by atoms with Crippen LogP contribution < -0.4 is 5.32 Å². The lowest BCUT2D eigenvalue weighted by molar-refractivity contribution is -0.142. The molecular weight excluding hydrogens is 370 g/mol. The topological polar surface area (TPSA) is 55.4 Å². The van der Waals surface area contributed by atoms with E-state index in [0.29, 0.717) is 5.69 Å². The molecule has 0 unspecified atom stereocenters. The number of hydrogen-bond donors (Lipinski definition) is 1. The molecule has 0 saturated heterocycles. The van der Waals surface area contributed by atoms with E-state index >= 15 is 0 Å². The van der Waals surface area contributed by atoms with E-state index in [1.807, 2.05) is 56.3 Å². The summed E-state index contributed by atoms with van der Waals surface area (Å²) in [4.78, 5) is 23.6. The van der Waals surface area contributed by atoms with Crippen molar-refractivity contribution in [1.82, 2.24) is 0 Å². The third-order valence-electron chi connectivity index (χ3n) is 3.31. The molecule has 124 valence electrons. The second kappa shape index (κ2) is 8.45. The minimum absolute atomic E-state index is 0.327. The Morgan fingerprint density at radius 3 is 2.62 bits per heavy atom. The Bertz CT molecular complexity index is 784. The summed E-state index contributed by atoms with van der Waals surface area (Å²) in [7, 11) is 0. The molecule has 1 N–H and O–H groups in total. The molecule has 2 rings (SSSR count). The molecule has 4 nitrogen and oxygen atoms in total. The third kappa shape index (κ3) is 5.35. The molecule has 0 aliphatic carbocycles. The Balaban J connectivity index is 1.85. The number of amides is 1. The van der Waals surface area contributed by atoms with Crippen molar-refractivity contribution in [2.45, 2.75) is 13.8 Å². The first-order valence-corrected chi connectivity index (χ1v) is 8.21. The number of benzene rings is 2. The summed E-state index contributed by atoms with van der Waals surface area (Å²) in [5.74, 6) is -0.939. The van der Waals surface area contributed by atoms with Crippen LogP contribution in [0.3, 0.4) is 0 Å². The van der Waals surface area contributed by atoms with Crippen LogP contribution in [0, 0.1) is 13.8 Å². The van der Waals surface area contributed by atoms with Crippen LogP contribution in [0.5, 0.6) is 0 Å². The van der Waals surface area contributed by atoms with Crippen LogP contribution in [-0.4, -0.2) is 18.5 Å². The molecule has 5 heteroatoms. The third-order valence-corrected chi connectivity index (χ3v) is 4.03. The van der Waals surface area contributed by atoms with Crippen molar-refractivity contribution < 1.29 is 14.3 Å². The molecule has 0 bridgehead atoms. The minimum Gasteiger partial charge on any atom is -0.452 e. The summed E-state index contributed by atoms with van der Waals surface area (Å²) < 4.78 is 5.82.